The van der Waals surface area contributed by atoms with Gasteiger partial charge in [0.25, 0.3) is 11.6 Å². The maximum absolute atomic E-state index is 12.8. The highest BCUT2D eigenvalue weighted by atomic mass is 35.5. The van der Waals surface area contributed by atoms with Crippen molar-refractivity contribution in [2.45, 2.75) is 13.8 Å². The number of benzene rings is 3. The Bertz CT molecular complexity index is 1580. The summed E-state index contributed by atoms with van der Waals surface area (Å²) in [6.07, 6.45) is 0. The second kappa shape index (κ2) is 8.73. The van der Waals surface area contributed by atoms with Crippen LogP contribution in [0.4, 0.5) is 11.4 Å². The van der Waals surface area contributed by atoms with Crippen molar-refractivity contribution in [1.82, 2.24) is 4.98 Å². The third-order valence-electron chi connectivity index (χ3n) is 5.63. The predicted octanol–water partition coefficient (Wildman–Crippen LogP) is 7.19. The van der Waals surface area contributed by atoms with Crippen LogP contribution in [0.1, 0.15) is 21.7 Å². The molecule has 174 valence electrons. The molecular formula is C26H18ClN3O5. The molecule has 9 heteroatoms. The Morgan fingerprint density at radius 3 is 2.60 bits per heavy atom. The van der Waals surface area contributed by atoms with Gasteiger partial charge in [-0.25, -0.2) is 4.98 Å². The minimum atomic E-state index is -0.489. The summed E-state index contributed by atoms with van der Waals surface area (Å²) in [6.45, 7) is 4.00. The zero-order valence-electron chi connectivity index (χ0n) is 18.7. The van der Waals surface area contributed by atoms with E-state index in [2.05, 4.69) is 10.3 Å². The van der Waals surface area contributed by atoms with Gasteiger partial charge < -0.3 is 14.2 Å². The summed E-state index contributed by atoms with van der Waals surface area (Å²) in [7, 11) is 0. The molecule has 0 unspecified atom stereocenters. The number of hydrogen-bond acceptors (Lipinski definition) is 6. The number of furan rings is 1. The fourth-order valence-electron chi connectivity index (χ4n) is 3.64. The molecule has 2 heterocycles. The van der Waals surface area contributed by atoms with Crippen LogP contribution in [0.15, 0.2) is 75.6 Å². The Labute approximate surface area is 204 Å². The van der Waals surface area contributed by atoms with E-state index in [9.17, 15) is 14.9 Å². The molecule has 0 saturated heterocycles. The van der Waals surface area contributed by atoms with Crippen LogP contribution < -0.4 is 5.32 Å². The highest BCUT2D eigenvalue weighted by Gasteiger charge is 2.17. The molecule has 5 aromatic rings. The number of carbonyl (C=O) groups is 1. The lowest BCUT2D eigenvalue weighted by molar-refractivity contribution is -0.384. The number of nitrogens with zero attached hydrogens (tertiary/aromatic N) is 2. The number of rotatable bonds is 5. The summed E-state index contributed by atoms with van der Waals surface area (Å²) < 4.78 is 11.6. The molecular weight excluding hydrogens is 470 g/mol. The Morgan fingerprint density at radius 2 is 1.80 bits per heavy atom. The topological polar surface area (TPSA) is 111 Å². The first-order valence-electron chi connectivity index (χ1n) is 10.6. The molecule has 0 fully saturated rings. The van der Waals surface area contributed by atoms with Gasteiger partial charge in [0, 0.05) is 23.4 Å². The average molecular weight is 488 g/mol. The zero-order chi connectivity index (χ0) is 24.7. The van der Waals surface area contributed by atoms with Gasteiger partial charge in [0.1, 0.15) is 11.3 Å². The van der Waals surface area contributed by atoms with Crippen LogP contribution in [0.3, 0.4) is 0 Å². The summed E-state index contributed by atoms with van der Waals surface area (Å²) in [6, 6.07) is 17.9. The molecule has 2 aromatic heterocycles. The van der Waals surface area contributed by atoms with Gasteiger partial charge in [-0.3, -0.25) is 14.9 Å². The van der Waals surface area contributed by atoms with Crippen molar-refractivity contribution in [3.05, 3.63) is 98.8 Å². The molecule has 0 aliphatic heterocycles. The van der Waals surface area contributed by atoms with Crippen LogP contribution in [0.25, 0.3) is 33.9 Å². The minimum absolute atomic E-state index is 0.0517. The Kier molecular flexibility index (Phi) is 5.58. The van der Waals surface area contributed by atoms with Crippen molar-refractivity contribution in [3.8, 4) is 22.8 Å². The molecule has 0 radical (unpaired) electrons. The largest absolute Gasteiger partial charge is 0.451 e. The molecule has 5 rings (SSSR count). The molecule has 35 heavy (non-hydrogen) atoms. The highest BCUT2D eigenvalue weighted by molar-refractivity contribution is 6.33. The summed E-state index contributed by atoms with van der Waals surface area (Å²) in [4.78, 5) is 27.9. The fraction of sp³-hybridized carbons (Fsp3) is 0.0769. The van der Waals surface area contributed by atoms with Crippen molar-refractivity contribution >= 4 is 40.0 Å². The second-order valence-corrected chi connectivity index (χ2v) is 8.45. The van der Waals surface area contributed by atoms with E-state index in [1.807, 2.05) is 26.0 Å². The number of carbonyl (C=O) groups excluding carboxylic acids is 1. The fourth-order valence-corrected chi connectivity index (χ4v) is 3.84. The first-order valence-corrected chi connectivity index (χ1v) is 11.0. The first kappa shape index (κ1) is 22.4. The van der Waals surface area contributed by atoms with Gasteiger partial charge in [0.15, 0.2) is 11.3 Å². The first-order chi connectivity index (χ1) is 16.8. The van der Waals surface area contributed by atoms with Gasteiger partial charge in [-0.15, -0.1) is 0 Å². The lowest BCUT2D eigenvalue weighted by atomic mass is 10.1. The van der Waals surface area contributed by atoms with Crippen LogP contribution in [0.2, 0.25) is 5.02 Å². The van der Waals surface area contributed by atoms with E-state index in [1.165, 1.54) is 18.2 Å². The number of anilines is 1. The number of aryl methyl sites for hydroxylation is 2. The predicted molar refractivity (Wildman–Crippen MR) is 133 cm³/mol. The van der Waals surface area contributed by atoms with Gasteiger partial charge in [0.2, 0.25) is 5.89 Å². The number of halogens is 1. The highest BCUT2D eigenvalue weighted by Crippen LogP contribution is 2.33. The van der Waals surface area contributed by atoms with Crippen molar-refractivity contribution in [2.24, 2.45) is 0 Å². The number of nitro groups is 1. The van der Waals surface area contributed by atoms with Crippen LogP contribution >= 0.6 is 11.6 Å². The quantitative estimate of drug-likeness (QED) is 0.207. The number of aromatic nitrogens is 1. The average Bonchev–Trinajstić information content (AvgIpc) is 3.48. The number of oxazole rings is 1. The summed E-state index contributed by atoms with van der Waals surface area (Å²) in [5.41, 5.74) is 5.00. The lowest BCUT2D eigenvalue weighted by Gasteiger charge is -2.06. The van der Waals surface area contributed by atoms with Crippen molar-refractivity contribution in [1.29, 1.82) is 0 Å². The molecule has 3 aromatic carbocycles. The molecule has 0 bridgehead atoms. The minimum Gasteiger partial charge on any atom is -0.451 e. The summed E-state index contributed by atoms with van der Waals surface area (Å²) in [5, 5.41) is 14.2. The third-order valence-corrected chi connectivity index (χ3v) is 5.96. The van der Waals surface area contributed by atoms with Crippen LogP contribution in [-0.2, 0) is 0 Å². The number of amides is 1. The van der Waals surface area contributed by atoms with E-state index >= 15 is 0 Å². The van der Waals surface area contributed by atoms with E-state index in [0.717, 1.165) is 16.6 Å². The number of non-ortho nitro benzene ring substituents is 1. The van der Waals surface area contributed by atoms with Gasteiger partial charge in [-0.2, -0.15) is 0 Å². The van der Waals surface area contributed by atoms with Crippen LogP contribution in [-0.4, -0.2) is 15.8 Å². The third kappa shape index (κ3) is 4.39. The molecule has 1 amide bonds. The van der Waals surface area contributed by atoms with Gasteiger partial charge in [0.05, 0.1) is 15.5 Å². The molecule has 0 saturated carbocycles. The zero-order valence-corrected chi connectivity index (χ0v) is 19.4. The van der Waals surface area contributed by atoms with Gasteiger partial charge >= 0.3 is 0 Å². The number of hydrogen-bond donors (Lipinski definition) is 1. The van der Waals surface area contributed by atoms with Crippen LogP contribution in [0.5, 0.6) is 0 Å². The molecule has 0 aliphatic rings. The maximum atomic E-state index is 12.8. The summed E-state index contributed by atoms with van der Waals surface area (Å²) >= 11 is 6.40. The smallest absolute Gasteiger partial charge is 0.291 e. The number of fused-ring (bicyclic) bond motifs is 1. The summed E-state index contributed by atoms with van der Waals surface area (Å²) in [5.74, 6) is 0.249. The molecule has 1 N–H and O–H groups in total. The molecule has 0 spiro atoms. The second-order valence-electron chi connectivity index (χ2n) is 8.04. The Morgan fingerprint density at radius 1 is 1.00 bits per heavy atom. The Hall–Kier alpha value is -4.43. The normalized spacial score (nSPS) is 11.1. The molecule has 8 nitrogen and oxygen atoms in total. The van der Waals surface area contributed by atoms with E-state index in [4.69, 9.17) is 20.4 Å². The van der Waals surface area contributed by atoms with Crippen molar-refractivity contribution in [3.63, 3.8) is 0 Å². The standard InChI is InChI=1S/C26H18ClN3O5/c1-14-10-21-24(11-15(14)2)35-26(29-21)19-13-17(6-7-20(19)27)28-25(31)23-9-8-22(34-23)16-4-3-5-18(12-16)30(32)33/h3-13H,1-2H3,(H,28,31). The lowest BCUT2D eigenvalue weighted by Crippen LogP contribution is -2.10. The number of nitrogens with one attached hydrogen (secondary N) is 1. The van der Waals surface area contributed by atoms with E-state index in [0.29, 0.717) is 39.1 Å². The number of nitro benzene ring substituents is 1. The van der Waals surface area contributed by atoms with Gasteiger partial charge in [-0.1, -0.05) is 23.7 Å². The van der Waals surface area contributed by atoms with E-state index in [-0.39, 0.29) is 11.4 Å². The molecule has 0 atom stereocenters. The Balaban J connectivity index is 1.40. The molecule has 0 aliphatic carbocycles. The SMILES string of the molecule is Cc1cc2nc(-c3cc(NC(=O)c4ccc(-c5cccc([N+](=O)[O-])c5)o4)ccc3Cl)oc2cc1C. The monoisotopic (exact) mass is 487 g/mol. The van der Waals surface area contributed by atoms with Crippen molar-refractivity contribution in [2.75, 3.05) is 5.32 Å². The van der Waals surface area contributed by atoms with Crippen LogP contribution in [0, 0.1) is 24.0 Å². The van der Waals surface area contributed by atoms with Crippen molar-refractivity contribution < 1.29 is 18.6 Å². The van der Waals surface area contributed by atoms with E-state index < -0.39 is 10.8 Å². The maximum Gasteiger partial charge on any atom is 0.291 e. The van der Waals surface area contributed by atoms with Gasteiger partial charge in [-0.05, 0) is 67.4 Å². The van der Waals surface area contributed by atoms with E-state index in [1.54, 1.807) is 36.4 Å².